The summed E-state index contributed by atoms with van der Waals surface area (Å²) in [6, 6.07) is 11.4. The molecule has 0 aliphatic carbocycles. The van der Waals surface area contributed by atoms with Crippen molar-refractivity contribution in [1.29, 1.82) is 0 Å². The zero-order valence-corrected chi connectivity index (χ0v) is 14.6. The molecular formula is C20H33NO. The Morgan fingerprint density at radius 3 is 2.59 bits per heavy atom. The Hall–Kier alpha value is -0.860. The summed E-state index contributed by atoms with van der Waals surface area (Å²) in [5.41, 5.74) is 0.901. The van der Waals surface area contributed by atoms with Crippen LogP contribution in [0.4, 0.5) is 0 Å². The zero-order chi connectivity index (χ0) is 16.0. The van der Waals surface area contributed by atoms with Crippen LogP contribution < -0.4 is 0 Å². The van der Waals surface area contributed by atoms with Gasteiger partial charge in [-0.1, -0.05) is 50.6 Å². The molecular weight excluding hydrogens is 270 g/mol. The lowest BCUT2D eigenvalue weighted by molar-refractivity contribution is -0.00978. The van der Waals surface area contributed by atoms with Crippen molar-refractivity contribution >= 4 is 0 Å². The molecule has 2 rings (SSSR count). The Bertz CT molecular complexity index is 429. The summed E-state index contributed by atoms with van der Waals surface area (Å²) in [6.45, 7) is 8.64. The number of hydrogen-bond acceptors (Lipinski definition) is 2. The van der Waals surface area contributed by atoms with Gasteiger partial charge in [-0.15, -0.1) is 0 Å². The summed E-state index contributed by atoms with van der Waals surface area (Å²) in [7, 11) is 0. The molecule has 22 heavy (non-hydrogen) atoms. The van der Waals surface area contributed by atoms with E-state index in [1.54, 1.807) is 0 Å². The van der Waals surface area contributed by atoms with E-state index in [1.807, 2.05) is 6.92 Å². The van der Waals surface area contributed by atoms with Crippen LogP contribution >= 0.6 is 0 Å². The quantitative estimate of drug-likeness (QED) is 0.794. The van der Waals surface area contributed by atoms with Crippen LogP contribution in [0, 0.1) is 5.92 Å². The number of rotatable bonds is 7. The molecule has 0 radical (unpaired) electrons. The summed E-state index contributed by atoms with van der Waals surface area (Å²) < 4.78 is 0. The number of piperidine rings is 1. The van der Waals surface area contributed by atoms with E-state index in [2.05, 4.69) is 49.1 Å². The van der Waals surface area contributed by atoms with Gasteiger partial charge in [0.25, 0.3) is 0 Å². The molecule has 0 saturated carbocycles. The Labute approximate surface area is 136 Å². The maximum atomic E-state index is 10.5. The molecule has 3 atom stereocenters. The van der Waals surface area contributed by atoms with Crippen molar-refractivity contribution in [2.75, 3.05) is 6.54 Å². The van der Waals surface area contributed by atoms with Crippen LogP contribution in [0.3, 0.4) is 0 Å². The zero-order valence-electron chi connectivity index (χ0n) is 14.6. The third-order valence-electron chi connectivity index (χ3n) is 5.31. The Balaban J connectivity index is 2.08. The van der Waals surface area contributed by atoms with Crippen LogP contribution in [0.15, 0.2) is 30.3 Å². The van der Waals surface area contributed by atoms with Crippen molar-refractivity contribution in [3.8, 4) is 0 Å². The molecule has 0 spiro atoms. The second-order valence-electron chi connectivity index (χ2n) is 7.27. The monoisotopic (exact) mass is 303 g/mol. The second kappa shape index (κ2) is 8.12. The number of benzene rings is 1. The van der Waals surface area contributed by atoms with Crippen molar-refractivity contribution < 1.29 is 5.11 Å². The molecule has 1 heterocycles. The van der Waals surface area contributed by atoms with E-state index in [9.17, 15) is 5.11 Å². The molecule has 1 saturated heterocycles. The largest absolute Gasteiger partial charge is 0.390 e. The van der Waals surface area contributed by atoms with Crippen molar-refractivity contribution in [3.05, 3.63) is 35.9 Å². The minimum atomic E-state index is -0.508. The van der Waals surface area contributed by atoms with E-state index >= 15 is 0 Å². The van der Waals surface area contributed by atoms with E-state index in [-0.39, 0.29) is 0 Å². The van der Waals surface area contributed by atoms with Gasteiger partial charge in [0.2, 0.25) is 0 Å². The van der Waals surface area contributed by atoms with E-state index < -0.39 is 5.60 Å². The van der Waals surface area contributed by atoms with Gasteiger partial charge in [-0.05, 0) is 57.1 Å². The topological polar surface area (TPSA) is 23.5 Å². The van der Waals surface area contributed by atoms with Gasteiger partial charge in [0, 0.05) is 12.6 Å². The molecule has 0 aromatic heterocycles. The maximum Gasteiger partial charge on any atom is 0.0620 e. The highest BCUT2D eigenvalue weighted by atomic mass is 16.3. The Morgan fingerprint density at radius 2 is 1.95 bits per heavy atom. The van der Waals surface area contributed by atoms with Gasteiger partial charge < -0.3 is 5.11 Å². The first-order chi connectivity index (χ1) is 10.6. The molecule has 1 aliphatic heterocycles. The summed E-state index contributed by atoms with van der Waals surface area (Å²) in [5.74, 6) is 0.632. The average molecular weight is 303 g/mol. The highest BCUT2D eigenvalue weighted by molar-refractivity contribution is 5.14. The molecule has 0 amide bonds. The summed E-state index contributed by atoms with van der Waals surface area (Å²) >= 11 is 0. The minimum absolute atomic E-state index is 0.508. The smallest absolute Gasteiger partial charge is 0.0620 e. The fourth-order valence-corrected chi connectivity index (χ4v) is 3.89. The Kier molecular flexibility index (Phi) is 6.46. The molecule has 1 unspecified atom stereocenters. The lowest BCUT2D eigenvalue weighted by Crippen LogP contribution is -2.47. The van der Waals surface area contributed by atoms with E-state index in [0.29, 0.717) is 12.0 Å². The third kappa shape index (κ3) is 4.82. The molecule has 2 nitrogen and oxygen atoms in total. The normalized spacial score (nSPS) is 25.8. The molecule has 2 heteroatoms. The summed E-state index contributed by atoms with van der Waals surface area (Å²) in [5, 5.41) is 10.5. The number of hydrogen-bond donors (Lipinski definition) is 1. The fraction of sp³-hybridized carbons (Fsp3) is 0.700. The molecule has 1 aliphatic rings. The van der Waals surface area contributed by atoms with Gasteiger partial charge in [-0.2, -0.15) is 0 Å². The standard InChI is InChI=1S/C20H33NO/c1-4-10-19-18(15-20(3,22)5-2)13-9-14-21(19)16-17-11-7-6-8-12-17/h6-8,11-12,18-19,22H,4-5,9-10,13-16H2,1-3H3/t18-,19+,20?/m0/s1. The molecule has 1 aromatic rings. The predicted octanol–water partition coefficient (Wildman–Crippen LogP) is 4.62. The maximum absolute atomic E-state index is 10.5. The third-order valence-corrected chi connectivity index (χ3v) is 5.31. The molecule has 124 valence electrons. The number of nitrogens with zero attached hydrogens (tertiary/aromatic N) is 1. The molecule has 1 aromatic carbocycles. The predicted molar refractivity (Wildman–Crippen MR) is 93.8 cm³/mol. The van der Waals surface area contributed by atoms with Crippen molar-refractivity contribution in [1.82, 2.24) is 4.90 Å². The first-order valence-electron chi connectivity index (χ1n) is 9.06. The van der Waals surface area contributed by atoms with Crippen molar-refractivity contribution in [2.45, 2.75) is 77.5 Å². The van der Waals surface area contributed by atoms with Crippen LogP contribution in [0.2, 0.25) is 0 Å². The van der Waals surface area contributed by atoms with Gasteiger partial charge in [-0.25, -0.2) is 0 Å². The van der Waals surface area contributed by atoms with Gasteiger partial charge in [0.1, 0.15) is 0 Å². The van der Waals surface area contributed by atoms with E-state index in [0.717, 1.165) is 19.4 Å². The summed E-state index contributed by atoms with van der Waals surface area (Å²) in [4.78, 5) is 2.67. The van der Waals surface area contributed by atoms with Crippen molar-refractivity contribution in [2.24, 2.45) is 5.92 Å². The minimum Gasteiger partial charge on any atom is -0.390 e. The van der Waals surface area contributed by atoms with Gasteiger partial charge in [-0.3, -0.25) is 4.90 Å². The first-order valence-corrected chi connectivity index (χ1v) is 9.06. The number of likely N-dealkylation sites (tertiary alicyclic amines) is 1. The fourth-order valence-electron chi connectivity index (χ4n) is 3.89. The van der Waals surface area contributed by atoms with Gasteiger partial charge in [0.15, 0.2) is 0 Å². The van der Waals surface area contributed by atoms with Gasteiger partial charge in [0.05, 0.1) is 5.60 Å². The second-order valence-corrected chi connectivity index (χ2v) is 7.27. The summed E-state index contributed by atoms with van der Waals surface area (Å²) in [6.07, 6.45) is 6.79. The first kappa shape index (κ1) is 17.5. The SMILES string of the molecule is CCC[C@@H]1[C@H](CC(C)(O)CC)CCCN1Cc1ccccc1. The molecule has 1 N–H and O–H groups in total. The number of aliphatic hydroxyl groups is 1. The Morgan fingerprint density at radius 1 is 1.23 bits per heavy atom. The highest BCUT2D eigenvalue weighted by Crippen LogP contribution is 2.34. The molecule has 0 bridgehead atoms. The van der Waals surface area contributed by atoms with Crippen LogP contribution in [0.25, 0.3) is 0 Å². The highest BCUT2D eigenvalue weighted by Gasteiger charge is 2.34. The van der Waals surface area contributed by atoms with Crippen LogP contribution in [0.5, 0.6) is 0 Å². The van der Waals surface area contributed by atoms with Crippen LogP contribution in [0.1, 0.15) is 64.9 Å². The average Bonchev–Trinajstić information content (AvgIpc) is 2.51. The lowest BCUT2D eigenvalue weighted by atomic mass is 9.78. The van der Waals surface area contributed by atoms with Gasteiger partial charge >= 0.3 is 0 Å². The van der Waals surface area contributed by atoms with Crippen LogP contribution in [-0.4, -0.2) is 28.2 Å². The van der Waals surface area contributed by atoms with Crippen LogP contribution in [-0.2, 0) is 6.54 Å². The van der Waals surface area contributed by atoms with E-state index in [4.69, 9.17) is 0 Å². The van der Waals surface area contributed by atoms with E-state index in [1.165, 1.54) is 37.8 Å². The van der Waals surface area contributed by atoms with Crippen molar-refractivity contribution in [3.63, 3.8) is 0 Å². The lowest BCUT2D eigenvalue weighted by Gasteiger charge is -2.44. The molecule has 1 fully saturated rings.